The number of hydrogen-bond donors (Lipinski definition) is 0. The number of carbonyl (C=O) groups excluding carboxylic acids is 1. The van der Waals surface area contributed by atoms with Crippen molar-refractivity contribution in [2.24, 2.45) is 5.41 Å². The minimum atomic E-state index is -0.454. The summed E-state index contributed by atoms with van der Waals surface area (Å²) in [6, 6.07) is 14.7. The van der Waals surface area contributed by atoms with Crippen LogP contribution in [-0.4, -0.2) is 5.97 Å². The highest BCUT2D eigenvalue weighted by molar-refractivity contribution is 5.87. The first-order valence-electron chi connectivity index (χ1n) is 8.70. The molecule has 0 saturated heterocycles. The Morgan fingerprint density at radius 1 is 1.09 bits per heavy atom. The number of ether oxygens (including phenoxy) is 1. The quantitative estimate of drug-likeness (QED) is 0.688. The first kappa shape index (κ1) is 16.0. The maximum Gasteiger partial charge on any atom is 0.312 e. The molecule has 1 aliphatic carbocycles. The summed E-state index contributed by atoms with van der Waals surface area (Å²) in [5.74, 6) is -0.0742. The van der Waals surface area contributed by atoms with E-state index in [-0.39, 0.29) is 5.97 Å². The molecule has 0 heterocycles. The van der Waals surface area contributed by atoms with Crippen molar-refractivity contribution in [2.75, 3.05) is 0 Å². The Morgan fingerprint density at radius 2 is 1.74 bits per heavy atom. The standard InChI is InChI=1S/C21H26O2/c1-4-20(2,3)19(22)23-21(14-7-8-15-21)18-13-9-11-16-10-5-6-12-17(16)18/h5-6,9-13H,4,7-8,14-15H2,1-3H3. The van der Waals surface area contributed by atoms with Gasteiger partial charge in [0.05, 0.1) is 5.41 Å². The van der Waals surface area contributed by atoms with Crippen molar-refractivity contribution >= 4 is 16.7 Å². The van der Waals surface area contributed by atoms with Crippen molar-refractivity contribution in [3.8, 4) is 0 Å². The van der Waals surface area contributed by atoms with Crippen LogP contribution in [0.2, 0.25) is 0 Å². The molecule has 2 heteroatoms. The molecular formula is C21H26O2. The van der Waals surface area contributed by atoms with Gasteiger partial charge < -0.3 is 4.74 Å². The molecule has 0 aliphatic heterocycles. The topological polar surface area (TPSA) is 26.3 Å². The molecule has 122 valence electrons. The van der Waals surface area contributed by atoms with E-state index in [4.69, 9.17) is 4.74 Å². The summed E-state index contributed by atoms with van der Waals surface area (Å²) < 4.78 is 6.21. The SMILES string of the molecule is CCC(C)(C)C(=O)OC1(c2cccc3ccccc23)CCCC1. The van der Waals surface area contributed by atoms with Gasteiger partial charge in [0.15, 0.2) is 0 Å². The van der Waals surface area contributed by atoms with Gasteiger partial charge in [0.25, 0.3) is 0 Å². The van der Waals surface area contributed by atoms with Crippen LogP contribution in [-0.2, 0) is 15.1 Å². The fraction of sp³-hybridized carbons (Fsp3) is 0.476. The van der Waals surface area contributed by atoms with E-state index < -0.39 is 11.0 Å². The third-order valence-corrected chi connectivity index (χ3v) is 5.42. The molecule has 23 heavy (non-hydrogen) atoms. The summed E-state index contributed by atoms with van der Waals surface area (Å²) in [6.07, 6.45) is 4.86. The highest BCUT2D eigenvalue weighted by Gasteiger charge is 2.43. The maximum atomic E-state index is 12.7. The summed E-state index contributed by atoms with van der Waals surface area (Å²) in [7, 11) is 0. The van der Waals surface area contributed by atoms with Crippen LogP contribution in [0.4, 0.5) is 0 Å². The first-order valence-corrected chi connectivity index (χ1v) is 8.70. The molecule has 1 saturated carbocycles. The van der Waals surface area contributed by atoms with Crippen LogP contribution >= 0.6 is 0 Å². The number of benzene rings is 2. The van der Waals surface area contributed by atoms with E-state index in [2.05, 4.69) is 42.5 Å². The van der Waals surface area contributed by atoms with E-state index in [0.717, 1.165) is 32.1 Å². The fourth-order valence-corrected chi connectivity index (χ4v) is 3.46. The monoisotopic (exact) mass is 310 g/mol. The van der Waals surface area contributed by atoms with Crippen molar-refractivity contribution in [3.05, 3.63) is 48.0 Å². The Hall–Kier alpha value is -1.83. The summed E-state index contributed by atoms with van der Waals surface area (Å²) in [4.78, 5) is 12.7. The number of rotatable bonds is 4. The van der Waals surface area contributed by atoms with Crippen molar-refractivity contribution in [1.82, 2.24) is 0 Å². The summed E-state index contributed by atoms with van der Waals surface area (Å²) in [5.41, 5.74) is 0.290. The Morgan fingerprint density at radius 3 is 2.43 bits per heavy atom. The minimum Gasteiger partial charge on any atom is -0.454 e. The minimum absolute atomic E-state index is 0.0742. The third kappa shape index (κ3) is 2.87. The molecule has 2 aromatic carbocycles. The average Bonchev–Trinajstić information content (AvgIpc) is 3.03. The second-order valence-corrected chi connectivity index (χ2v) is 7.36. The molecule has 0 amide bonds. The zero-order valence-electron chi connectivity index (χ0n) is 14.4. The van der Waals surface area contributed by atoms with E-state index in [1.165, 1.54) is 16.3 Å². The second-order valence-electron chi connectivity index (χ2n) is 7.36. The maximum absolute atomic E-state index is 12.7. The Bertz CT molecular complexity index is 703. The molecule has 1 fully saturated rings. The lowest BCUT2D eigenvalue weighted by Crippen LogP contribution is -2.36. The largest absolute Gasteiger partial charge is 0.454 e. The Balaban J connectivity index is 2.06. The summed E-state index contributed by atoms with van der Waals surface area (Å²) >= 11 is 0. The first-order chi connectivity index (χ1) is 11.0. The fourth-order valence-electron chi connectivity index (χ4n) is 3.46. The van der Waals surface area contributed by atoms with Gasteiger partial charge in [-0.05, 0) is 56.7 Å². The molecule has 0 spiro atoms. The number of esters is 1. The predicted octanol–water partition coefficient (Wildman–Crippen LogP) is 5.59. The van der Waals surface area contributed by atoms with Gasteiger partial charge >= 0.3 is 5.97 Å². The van der Waals surface area contributed by atoms with Crippen LogP contribution in [0.15, 0.2) is 42.5 Å². The van der Waals surface area contributed by atoms with Gasteiger partial charge in [-0.15, -0.1) is 0 Å². The summed E-state index contributed by atoms with van der Waals surface area (Å²) in [6.45, 7) is 5.99. The summed E-state index contributed by atoms with van der Waals surface area (Å²) in [5, 5.41) is 2.42. The molecule has 0 unspecified atom stereocenters. The van der Waals surface area contributed by atoms with Gasteiger partial charge in [-0.1, -0.05) is 49.4 Å². The molecule has 2 aromatic rings. The Kier molecular flexibility index (Phi) is 4.18. The van der Waals surface area contributed by atoms with Gasteiger partial charge in [0, 0.05) is 5.56 Å². The number of hydrogen-bond acceptors (Lipinski definition) is 2. The van der Waals surface area contributed by atoms with Crippen LogP contribution in [0.3, 0.4) is 0 Å². The highest BCUT2D eigenvalue weighted by atomic mass is 16.6. The van der Waals surface area contributed by atoms with Crippen molar-refractivity contribution in [2.45, 2.75) is 58.5 Å². The van der Waals surface area contributed by atoms with E-state index in [9.17, 15) is 4.79 Å². The molecular weight excluding hydrogens is 284 g/mol. The normalized spacial score (nSPS) is 17.3. The molecule has 0 radical (unpaired) electrons. The molecule has 0 aromatic heterocycles. The van der Waals surface area contributed by atoms with Gasteiger partial charge in [0.1, 0.15) is 5.60 Å². The third-order valence-electron chi connectivity index (χ3n) is 5.42. The second kappa shape index (κ2) is 5.99. The number of carbonyl (C=O) groups is 1. The zero-order chi connectivity index (χ0) is 16.5. The van der Waals surface area contributed by atoms with Gasteiger partial charge in [0.2, 0.25) is 0 Å². The lowest BCUT2D eigenvalue weighted by molar-refractivity contribution is -0.171. The lowest BCUT2D eigenvalue weighted by atomic mass is 9.86. The Labute approximate surface area is 138 Å². The van der Waals surface area contributed by atoms with Crippen LogP contribution in [0.25, 0.3) is 10.8 Å². The number of fused-ring (bicyclic) bond motifs is 1. The predicted molar refractivity (Wildman–Crippen MR) is 94.3 cm³/mol. The molecule has 1 aliphatic rings. The van der Waals surface area contributed by atoms with Gasteiger partial charge in [-0.2, -0.15) is 0 Å². The lowest BCUT2D eigenvalue weighted by Gasteiger charge is -2.34. The van der Waals surface area contributed by atoms with Crippen molar-refractivity contribution in [3.63, 3.8) is 0 Å². The van der Waals surface area contributed by atoms with Gasteiger partial charge in [-0.3, -0.25) is 4.79 Å². The van der Waals surface area contributed by atoms with E-state index in [1.807, 2.05) is 20.8 Å². The van der Waals surface area contributed by atoms with E-state index in [0.29, 0.717) is 0 Å². The van der Waals surface area contributed by atoms with Crippen LogP contribution in [0, 0.1) is 5.41 Å². The molecule has 0 N–H and O–H groups in total. The van der Waals surface area contributed by atoms with Crippen molar-refractivity contribution in [1.29, 1.82) is 0 Å². The average molecular weight is 310 g/mol. The van der Waals surface area contributed by atoms with Crippen LogP contribution in [0.5, 0.6) is 0 Å². The zero-order valence-corrected chi connectivity index (χ0v) is 14.4. The van der Waals surface area contributed by atoms with E-state index >= 15 is 0 Å². The highest BCUT2D eigenvalue weighted by Crippen LogP contribution is 2.46. The molecule has 3 rings (SSSR count). The molecule has 2 nitrogen and oxygen atoms in total. The molecule has 0 atom stereocenters. The van der Waals surface area contributed by atoms with E-state index in [1.54, 1.807) is 0 Å². The smallest absolute Gasteiger partial charge is 0.312 e. The molecule has 0 bridgehead atoms. The van der Waals surface area contributed by atoms with Gasteiger partial charge in [-0.25, -0.2) is 0 Å². The van der Waals surface area contributed by atoms with Crippen LogP contribution < -0.4 is 0 Å². The van der Waals surface area contributed by atoms with Crippen LogP contribution in [0.1, 0.15) is 58.4 Å². The van der Waals surface area contributed by atoms with Crippen molar-refractivity contribution < 1.29 is 9.53 Å².